The minimum Gasteiger partial charge on any atom is -0.478 e. The van der Waals surface area contributed by atoms with Crippen LogP contribution >= 0.6 is 0 Å². The average molecular weight is 686 g/mol. The Balaban J connectivity index is -0.000000367. The molecule has 0 aliphatic carbocycles. The average Bonchev–Trinajstić information content (AvgIpc) is 3.10. The molecule has 1 rings (SSSR count). The summed E-state index contributed by atoms with van der Waals surface area (Å²) in [5, 5.41) is 11.8. The maximum atomic E-state index is 12.8. The maximum Gasteiger partial charge on any atom is 0.331 e. The predicted octanol–water partition coefficient (Wildman–Crippen LogP) is 9.03. The molecule has 49 heavy (non-hydrogen) atoms. The third-order valence-corrected chi connectivity index (χ3v) is 6.90. The van der Waals surface area contributed by atoms with E-state index < -0.39 is 12.0 Å². The Morgan fingerprint density at radius 3 is 1.94 bits per heavy atom. The lowest BCUT2D eigenvalue weighted by Gasteiger charge is -2.38. The number of carboxylic acids is 1. The normalized spacial score (nSPS) is 15.3. The fourth-order valence-electron chi connectivity index (χ4n) is 4.19. The first-order valence-electron chi connectivity index (χ1n) is 17.9. The van der Waals surface area contributed by atoms with Crippen molar-refractivity contribution in [2.45, 2.75) is 133 Å². The van der Waals surface area contributed by atoms with Crippen molar-refractivity contribution in [2.75, 3.05) is 20.1 Å². The number of nitrogens with zero attached hydrogens (tertiary/aromatic N) is 2. The van der Waals surface area contributed by atoms with Crippen molar-refractivity contribution in [2.24, 2.45) is 0 Å². The topological polar surface area (TPSA) is 107 Å². The standard InChI is InChI=1S/C19H33N3O4.C13H18O.C4H6.C3H8.C2H6/c1-6-15(18(24)21(5)12-10-14(4)19(25)26)20-17(23)16-9-7-8-11-22(16)13(2)3;1-4-7-8-9-10-11-13(14)12(5-2)6-3;1-3-4-2;1-3-2;1-2/h10,13,15-16H,6-9,11-12H2,1-5H3,(H,20,23)(H,25,26);4-5,7-11H,6H2,1-3H3;3-4H,1-2H2;3H2,1-2H3;1-2H3/b14-10+;7-4-,9-8-,11-10+,12-5+;;;. The summed E-state index contributed by atoms with van der Waals surface area (Å²) in [6.45, 7) is 29.4. The highest BCUT2D eigenvalue weighted by atomic mass is 16.4. The Labute approximate surface area is 300 Å². The molecule has 0 bridgehead atoms. The van der Waals surface area contributed by atoms with Gasteiger partial charge in [-0.25, -0.2) is 4.79 Å². The summed E-state index contributed by atoms with van der Waals surface area (Å²) >= 11 is 0. The van der Waals surface area contributed by atoms with Crippen LogP contribution in [0.4, 0.5) is 0 Å². The van der Waals surface area contributed by atoms with E-state index in [2.05, 4.69) is 51.1 Å². The first-order chi connectivity index (χ1) is 23.3. The van der Waals surface area contributed by atoms with Gasteiger partial charge in [-0.1, -0.05) is 122 Å². The number of carbonyl (C=O) groups excluding carboxylic acids is 3. The molecule has 2 N–H and O–H groups in total. The van der Waals surface area contributed by atoms with Crippen LogP contribution in [0, 0.1) is 0 Å². The van der Waals surface area contributed by atoms with Crippen LogP contribution in [0.15, 0.2) is 85.1 Å². The number of hydrogen-bond acceptors (Lipinski definition) is 5. The van der Waals surface area contributed by atoms with Crippen molar-refractivity contribution in [1.82, 2.24) is 15.1 Å². The van der Waals surface area contributed by atoms with Crippen LogP contribution in [0.1, 0.15) is 115 Å². The molecule has 2 amide bonds. The molecule has 0 radical (unpaired) electrons. The van der Waals surface area contributed by atoms with Gasteiger partial charge in [0.25, 0.3) is 0 Å². The Hall–Kier alpha value is -3.78. The van der Waals surface area contributed by atoms with Crippen LogP contribution in [0.25, 0.3) is 0 Å². The van der Waals surface area contributed by atoms with Gasteiger partial charge in [0.1, 0.15) is 6.04 Å². The van der Waals surface area contributed by atoms with E-state index in [1.54, 1.807) is 31.4 Å². The van der Waals surface area contributed by atoms with Crippen LogP contribution in [0.3, 0.4) is 0 Å². The molecule has 0 aromatic carbocycles. The zero-order valence-electron chi connectivity index (χ0n) is 33.1. The van der Waals surface area contributed by atoms with E-state index in [0.29, 0.717) is 6.42 Å². The van der Waals surface area contributed by atoms with Gasteiger partial charge in [0.15, 0.2) is 5.78 Å². The summed E-state index contributed by atoms with van der Waals surface area (Å²) in [4.78, 5) is 51.3. The fourth-order valence-corrected chi connectivity index (χ4v) is 4.19. The minimum atomic E-state index is -1.00. The number of ketones is 1. The molecule has 1 saturated heterocycles. The van der Waals surface area contributed by atoms with Gasteiger partial charge in [0.2, 0.25) is 11.8 Å². The number of aliphatic carboxylic acids is 1. The second kappa shape index (κ2) is 35.5. The van der Waals surface area contributed by atoms with Crippen LogP contribution in [-0.2, 0) is 19.2 Å². The van der Waals surface area contributed by atoms with Crippen molar-refractivity contribution in [3.8, 4) is 0 Å². The lowest BCUT2D eigenvalue weighted by atomic mass is 9.99. The monoisotopic (exact) mass is 686 g/mol. The molecule has 1 fully saturated rings. The molecule has 0 aromatic rings. The van der Waals surface area contributed by atoms with Crippen molar-refractivity contribution < 1.29 is 24.3 Å². The summed E-state index contributed by atoms with van der Waals surface area (Å²) < 4.78 is 0. The number of likely N-dealkylation sites (tertiary alicyclic amines) is 1. The summed E-state index contributed by atoms with van der Waals surface area (Å²) in [6.07, 6.45) is 23.1. The highest BCUT2D eigenvalue weighted by Crippen LogP contribution is 2.20. The summed E-state index contributed by atoms with van der Waals surface area (Å²) in [7, 11) is 1.61. The Bertz CT molecular complexity index is 1080. The smallest absolute Gasteiger partial charge is 0.331 e. The molecule has 0 spiro atoms. The Kier molecular flexibility index (Phi) is 37.7. The van der Waals surface area contributed by atoms with Crippen LogP contribution in [0.5, 0.6) is 0 Å². The third-order valence-electron chi connectivity index (χ3n) is 6.90. The number of likely N-dealkylation sites (N-methyl/N-ethyl adjacent to an activating group) is 1. The molecule has 1 heterocycles. The zero-order chi connectivity index (χ0) is 38.8. The highest BCUT2D eigenvalue weighted by Gasteiger charge is 2.32. The Morgan fingerprint density at radius 2 is 1.51 bits per heavy atom. The number of allylic oxidation sites excluding steroid dienone is 10. The third kappa shape index (κ3) is 26.8. The van der Waals surface area contributed by atoms with Crippen LogP contribution < -0.4 is 5.32 Å². The Morgan fingerprint density at radius 1 is 0.959 bits per heavy atom. The summed E-state index contributed by atoms with van der Waals surface area (Å²) in [5.74, 6) is -1.20. The molecular formula is C41H71N3O5. The molecule has 280 valence electrons. The van der Waals surface area contributed by atoms with Gasteiger partial charge < -0.3 is 15.3 Å². The van der Waals surface area contributed by atoms with E-state index in [1.807, 2.05) is 71.9 Å². The van der Waals surface area contributed by atoms with Crippen molar-refractivity contribution in [3.05, 3.63) is 85.1 Å². The molecule has 0 saturated carbocycles. The predicted molar refractivity (Wildman–Crippen MR) is 211 cm³/mol. The maximum absolute atomic E-state index is 12.8. The van der Waals surface area contributed by atoms with Crippen LogP contribution in [0.2, 0.25) is 0 Å². The second-order valence-corrected chi connectivity index (χ2v) is 11.2. The summed E-state index contributed by atoms with van der Waals surface area (Å²) in [5.41, 5.74) is 1.05. The van der Waals surface area contributed by atoms with Crippen molar-refractivity contribution in [1.29, 1.82) is 0 Å². The first-order valence-corrected chi connectivity index (χ1v) is 17.9. The zero-order valence-corrected chi connectivity index (χ0v) is 33.1. The van der Waals surface area contributed by atoms with Crippen molar-refractivity contribution in [3.63, 3.8) is 0 Å². The van der Waals surface area contributed by atoms with Gasteiger partial charge in [-0.2, -0.15) is 0 Å². The second-order valence-electron chi connectivity index (χ2n) is 11.2. The largest absolute Gasteiger partial charge is 0.478 e. The number of rotatable bonds is 14. The number of carboxylic acid groups (broad SMARTS) is 1. The van der Waals surface area contributed by atoms with E-state index in [9.17, 15) is 19.2 Å². The number of amides is 2. The first kappa shape index (κ1) is 52.0. The van der Waals surface area contributed by atoms with Crippen molar-refractivity contribution >= 4 is 23.6 Å². The van der Waals surface area contributed by atoms with Gasteiger partial charge in [-0.3, -0.25) is 19.3 Å². The van der Waals surface area contributed by atoms with E-state index in [1.165, 1.54) is 24.3 Å². The lowest BCUT2D eigenvalue weighted by molar-refractivity contribution is -0.137. The van der Waals surface area contributed by atoms with Crippen LogP contribution in [-0.4, -0.2) is 76.7 Å². The molecule has 8 heteroatoms. The molecule has 0 aromatic heterocycles. The molecule has 1 aliphatic rings. The van der Waals surface area contributed by atoms with E-state index >= 15 is 0 Å². The van der Waals surface area contributed by atoms with Gasteiger partial charge in [-0.15, -0.1) is 0 Å². The van der Waals surface area contributed by atoms with Gasteiger partial charge in [-0.05, 0) is 78.5 Å². The van der Waals surface area contributed by atoms with E-state index in [4.69, 9.17) is 5.11 Å². The highest BCUT2D eigenvalue weighted by molar-refractivity contribution is 6.03. The fraction of sp³-hybridized carbons (Fsp3) is 0.561. The minimum absolute atomic E-state index is 0.0933. The SMILES string of the molecule is C=CC=C.CC.CCC.CCC(NC(=O)C1CCCCN1C(C)C)C(=O)N(C)C/C=C(\C)C(=O)O.C\C=C/C=C\C=C\C(=O)/C(=C/C)CC. The number of piperidine rings is 1. The molecule has 2 unspecified atom stereocenters. The molecule has 2 atom stereocenters. The van der Waals surface area contributed by atoms with Gasteiger partial charge in [0.05, 0.1) is 6.04 Å². The van der Waals surface area contributed by atoms with E-state index in [-0.39, 0.29) is 41.8 Å². The quantitative estimate of drug-likeness (QED) is 0.140. The van der Waals surface area contributed by atoms with Gasteiger partial charge in [0, 0.05) is 25.2 Å². The van der Waals surface area contributed by atoms with E-state index in [0.717, 1.165) is 37.8 Å². The molecule has 1 aliphatic heterocycles. The number of carbonyl (C=O) groups is 4. The molecular weight excluding hydrogens is 614 g/mol. The molecule has 8 nitrogen and oxygen atoms in total. The van der Waals surface area contributed by atoms with Gasteiger partial charge >= 0.3 is 5.97 Å². The number of hydrogen-bond donors (Lipinski definition) is 2. The number of nitrogens with one attached hydrogen (secondary N) is 1. The summed E-state index contributed by atoms with van der Waals surface area (Å²) in [6, 6.07) is -0.499. The lowest BCUT2D eigenvalue weighted by Crippen LogP contribution is -2.56.